The van der Waals surface area contributed by atoms with Gasteiger partial charge in [-0.1, -0.05) is 42.3 Å². The van der Waals surface area contributed by atoms with E-state index in [1.54, 1.807) is 13.1 Å². The molecule has 1 aliphatic rings. The zero-order chi connectivity index (χ0) is 29.6. The molecule has 216 valence electrons. The van der Waals surface area contributed by atoms with Crippen molar-refractivity contribution in [3.63, 3.8) is 0 Å². The van der Waals surface area contributed by atoms with Crippen LogP contribution in [0.15, 0.2) is 29.2 Å². The summed E-state index contributed by atoms with van der Waals surface area (Å²) in [6.07, 6.45) is 3.75. The van der Waals surface area contributed by atoms with Crippen LogP contribution in [-0.2, 0) is 13.6 Å². The van der Waals surface area contributed by atoms with Crippen molar-refractivity contribution < 1.29 is 4.79 Å². The molecule has 1 amide bonds. The van der Waals surface area contributed by atoms with Gasteiger partial charge in [-0.25, -0.2) is 9.67 Å². The molecule has 41 heavy (non-hydrogen) atoms. The number of benzene rings is 1. The minimum atomic E-state index is -0.218. The van der Waals surface area contributed by atoms with Gasteiger partial charge >= 0.3 is 0 Å². The van der Waals surface area contributed by atoms with E-state index >= 15 is 0 Å². The van der Waals surface area contributed by atoms with E-state index in [9.17, 15) is 9.59 Å². The SMILES string of the molecule is Cc1nc(-c2c(C)c(C)nn(C)c2=O)sc1C(=O)N1CCCC(Cn2cc(-c3cc(Cl)cc(Cl)c3)nn2)(C(C)C)C1. The van der Waals surface area contributed by atoms with Crippen molar-refractivity contribution in [3.8, 4) is 21.8 Å². The maximum absolute atomic E-state index is 13.9. The predicted octanol–water partition coefficient (Wildman–Crippen LogP) is 5.97. The van der Waals surface area contributed by atoms with Gasteiger partial charge in [-0.05, 0) is 63.3 Å². The van der Waals surface area contributed by atoms with E-state index in [-0.39, 0.29) is 22.8 Å². The molecular formula is C29H33Cl2N7O2S. The van der Waals surface area contributed by atoms with Crippen molar-refractivity contribution >= 4 is 40.4 Å². The summed E-state index contributed by atoms with van der Waals surface area (Å²) in [7, 11) is 1.63. The molecule has 1 saturated heterocycles. The Kier molecular flexibility index (Phi) is 8.11. The van der Waals surface area contributed by atoms with Crippen molar-refractivity contribution in [2.75, 3.05) is 13.1 Å². The van der Waals surface area contributed by atoms with E-state index in [0.29, 0.717) is 56.5 Å². The largest absolute Gasteiger partial charge is 0.337 e. The first kappa shape index (κ1) is 29.4. The van der Waals surface area contributed by atoms with Crippen LogP contribution in [0.4, 0.5) is 0 Å². The molecule has 1 aromatic carbocycles. The van der Waals surface area contributed by atoms with Gasteiger partial charge in [0.2, 0.25) is 0 Å². The molecule has 0 radical (unpaired) electrons. The quantitative estimate of drug-likeness (QED) is 0.265. The smallest absolute Gasteiger partial charge is 0.277 e. The summed E-state index contributed by atoms with van der Waals surface area (Å²) in [6, 6.07) is 5.32. The Morgan fingerprint density at radius 2 is 1.83 bits per heavy atom. The molecule has 0 aliphatic carbocycles. The Balaban J connectivity index is 1.41. The summed E-state index contributed by atoms with van der Waals surface area (Å²) in [5, 5.41) is 14.7. The highest BCUT2D eigenvalue weighted by atomic mass is 35.5. The number of rotatable bonds is 6. The number of aromatic nitrogens is 6. The number of carbonyl (C=O) groups excluding carboxylic acids is 1. The number of thiazole rings is 1. The van der Waals surface area contributed by atoms with E-state index in [1.165, 1.54) is 16.0 Å². The van der Waals surface area contributed by atoms with Crippen molar-refractivity contribution in [3.05, 3.63) is 66.6 Å². The molecule has 0 bridgehead atoms. The minimum absolute atomic E-state index is 0.0518. The number of aryl methyl sites for hydroxylation is 3. The maximum atomic E-state index is 13.9. The van der Waals surface area contributed by atoms with Crippen LogP contribution in [0, 0.1) is 32.1 Å². The standard InChI is InChI=1S/C29H33Cl2N7O2S/c1-16(2)29(15-38-13-23(33-35-38)20-10-21(30)12-22(31)11-20)8-7-9-37(14-29)28(40)25-19(5)32-26(41-25)24-17(3)18(4)34-36(6)27(24)39/h10-13,16H,7-9,14-15H2,1-6H3. The van der Waals surface area contributed by atoms with Gasteiger partial charge in [0.05, 0.1) is 29.7 Å². The molecule has 0 saturated carbocycles. The first-order valence-corrected chi connectivity index (χ1v) is 15.1. The van der Waals surface area contributed by atoms with Crippen LogP contribution >= 0.6 is 34.5 Å². The van der Waals surface area contributed by atoms with Crippen LogP contribution in [-0.4, -0.2) is 53.7 Å². The lowest BCUT2D eigenvalue weighted by atomic mass is 9.71. The van der Waals surface area contributed by atoms with Crippen molar-refractivity contribution in [2.45, 2.75) is 54.0 Å². The summed E-state index contributed by atoms with van der Waals surface area (Å²) in [4.78, 5) is 34.0. The Morgan fingerprint density at radius 3 is 2.51 bits per heavy atom. The number of hydrogen-bond acceptors (Lipinski definition) is 7. The van der Waals surface area contributed by atoms with Crippen LogP contribution in [0.5, 0.6) is 0 Å². The molecule has 1 unspecified atom stereocenters. The molecule has 4 heterocycles. The van der Waals surface area contributed by atoms with Gasteiger partial charge in [-0.15, -0.1) is 16.4 Å². The van der Waals surface area contributed by atoms with Gasteiger partial charge in [-0.2, -0.15) is 5.10 Å². The first-order chi connectivity index (χ1) is 19.4. The summed E-state index contributed by atoms with van der Waals surface area (Å²) < 4.78 is 3.19. The molecule has 5 rings (SSSR count). The average Bonchev–Trinajstić information content (AvgIpc) is 3.53. The Bertz CT molecular complexity index is 1670. The van der Waals surface area contributed by atoms with Crippen LogP contribution in [0.2, 0.25) is 10.0 Å². The van der Waals surface area contributed by atoms with Gasteiger partial charge in [0, 0.05) is 41.2 Å². The van der Waals surface area contributed by atoms with Gasteiger partial charge in [0.25, 0.3) is 11.5 Å². The third kappa shape index (κ3) is 5.69. The molecule has 0 N–H and O–H groups in total. The van der Waals surface area contributed by atoms with Gasteiger partial charge in [-0.3, -0.25) is 14.3 Å². The lowest BCUT2D eigenvalue weighted by Crippen LogP contribution is -2.50. The van der Waals surface area contributed by atoms with Crippen molar-refractivity contribution in [2.24, 2.45) is 18.4 Å². The van der Waals surface area contributed by atoms with Gasteiger partial charge in [0.15, 0.2) is 0 Å². The highest BCUT2D eigenvalue weighted by Crippen LogP contribution is 2.40. The van der Waals surface area contributed by atoms with E-state index < -0.39 is 0 Å². The first-order valence-electron chi connectivity index (χ1n) is 13.6. The second-order valence-electron chi connectivity index (χ2n) is 11.3. The molecule has 4 aromatic rings. The lowest BCUT2D eigenvalue weighted by Gasteiger charge is -2.45. The zero-order valence-corrected chi connectivity index (χ0v) is 26.4. The number of carbonyl (C=O) groups is 1. The maximum Gasteiger partial charge on any atom is 0.277 e. The molecule has 1 aliphatic heterocycles. The summed E-state index contributed by atoms with van der Waals surface area (Å²) in [6.45, 7) is 11.8. The third-order valence-corrected chi connectivity index (χ3v) is 9.82. The van der Waals surface area contributed by atoms with Crippen molar-refractivity contribution in [1.82, 2.24) is 34.7 Å². The number of likely N-dealkylation sites (tertiary alicyclic amines) is 1. The highest BCUT2D eigenvalue weighted by molar-refractivity contribution is 7.17. The van der Waals surface area contributed by atoms with Crippen LogP contribution in [0.1, 0.15) is 53.3 Å². The molecule has 9 nitrogen and oxygen atoms in total. The third-order valence-electron chi connectivity index (χ3n) is 8.22. The molecule has 12 heteroatoms. The van der Waals surface area contributed by atoms with Gasteiger partial charge < -0.3 is 4.90 Å². The molecule has 1 fully saturated rings. The van der Waals surface area contributed by atoms with E-state index in [4.69, 9.17) is 23.2 Å². The number of halogens is 2. The van der Waals surface area contributed by atoms with E-state index in [1.807, 2.05) is 48.7 Å². The summed E-state index contributed by atoms with van der Waals surface area (Å²) in [5.74, 6) is 0.235. The predicted molar refractivity (Wildman–Crippen MR) is 163 cm³/mol. The van der Waals surface area contributed by atoms with E-state index in [0.717, 1.165) is 29.7 Å². The average molecular weight is 615 g/mol. The summed E-state index contributed by atoms with van der Waals surface area (Å²) in [5.41, 5.74) is 3.76. The van der Waals surface area contributed by atoms with Crippen molar-refractivity contribution in [1.29, 1.82) is 0 Å². The van der Waals surface area contributed by atoms with E-state index in [2.05, 4.69) is 34.2 Å². The Hall–Kier alpha value is -3.08. The lowest BCUT2D eigenvalue weighted by molar-refractivity contribution is 0.0241. The molecule has 3 aromatic heterocycles. The fourth-order valence-corrected chi connectivity index (χ4v) is 7.25. The molecular weight excluding hydrogens is 581 g/mol. The number of piperidine rings is 1. The fraction of sp³-hybridized carbons (Fsp3) is 0.448. The number of amides is 1. The van der Waals surface area contributed by atoms with Crippen LogP contribution in [0.3, 0.4) is 0 Å². The normalized spacial score (nSPS) is 17.4. The van der Waals surface area contributed by atoms with Gasteiger partial charge in [0.1, 0.15) is 15.6 Å². The Morgan fingerprint density at radius 1 is 1.12 bits per heavy atom. The molecule has 0 spiro atoms. The highest BCUT2D eigenvalue weighted by Gasteiger charge is 2.41. The minimum Gasteiger partial charge on any atom is -0.337 e. The zero-order valence-electron chi connectivity index (χ0n) is 24.0. The number of hydrogen-bond donors (Lipinski definition) is 0. The molecule has 1 atom stereocenters. The Labute approximate surface area is 253 Å². The monoisotopic (exact) mass is 613 g/mol. The second-order valence-corrected chi connectivity index (χ2v) is 13.1. The van der Waals surface area contributed by atoms with Crippen LogP contribution < -0.4 is 5.56 Å². The summed E-state index contributed by atoms with van der Waals surface area (Å²) >= 11 is 13.7. The number of nitrogens with zero attached hydrogens (tertiary/aromatic N) is 7. The van der Waals surface area contributed by atoms with Crippen LogP contribution in [0.25, 0.3) is 21.8 Å². The second kappa shape index (κ2) is 11.3. The topological polar surface area (TPSA) is 98.8 Å². The fourth-order valence-electron chi connectivity index (χ4n) is 5.59.